The summed E-state index contributed by atoms with van der Waals surface area (Å²) in [5.41, 5.74) is 8.30. The number of aldehydes is 1. The largest absolute Gasteiger partial charge is 0.370 e. The first-order valence-electron chi connectivity index (χ1n) is 7.12. The van der Waals surface area contributed by atoms with E-state index in [1.807, 2.05) is 20.2 Å². The van der Waals surface area contributed by atoms with Crippen LogP contribution in [0.2, 0.25) is 0 Å². The first kappa shape index (κ1) is 16.2. The van der Waals surface area contributed by atoms with Gasteiger partial charge in [-0.15, -0.1) is 11.3 Å². The number of hydrogen-bond acceptors (Lipinski definition) is 3. The molecule has 0 fully saturated rings. The summed E-state index contributed by atoms with van der Waals surface area (Å²) in [6, 6.07) is 12.3. The van der Waals surface area contributed by atoms with Crippen molar-refractivity contribution in [3.8, 4) is 10.4 Å². The predicted molar refractivity (Wildman–Crippen MR) is 93.2 cm³/mol. The van der Waals surface area contributed by atoms with Crippen molar-refractivity contribution in [2.75, 3.05) is 14.1 Å². The molecule has 5 heteroatoms. The third-order valence-electron chi connectivity index (χ3n) is 3.32. The molecule has 0 aliphatic carbocycles. The number of carbonyl (C=O) groups is 1. The zero-order valence-electron chi connectivity index (χ0n) is 13.1. The van der Waals surface area contributed by atoms with Crippen LogP contribution in [-0.4, -0.2) is 31.2 Å². The molecule has 22 heavy (non-hydrogen) atoms. The fraction of sp³-hybridized carbons (Fsp3) is 0.294. The van der Waals surface area contributed by atoms with Gasteiger partial charge in [-0.1, -0.05) is 29.8 Å². The molecule has 0 saturated heterocycles. The lowest BCUT2D eigenvalue weighted by atomic mass is 10.1. The van der Waals surface area contributed by atoms with Crippen LogP contribution >= 0.6 is 11.3 Å². The lowest BCUT2D eigenvalue weighted by molar-refractivity contribution is -0.108. The van der Waals surface area contributed by atoms with Crippen molar-refractivity contribution in [2.24, 2.45) is 10.7 Å². The van der Waals surface area contributed by atoms with Gasteiger partial charge in [0.2, 0.25) is 0 Å². The summed E-state index contributed by atoms with van der Waals surface area (Å²) in [6.07, 6.45) is 1.23. The molecule has 1 aromatic carbocycles. The molecule has 1 unspecified atom stereocenters. The molecular weight excluding hydrogens is 294 g/mol. The van der Waals surface area contributed by atoms with E-state index in [9.17, 15) is 4.79 Å². The van der Waals surface area contributed by atoms with Gasteiger partial charge in [-0.25, -0.2) is 4.99 Å². The van der Waals surface area contributed by atoms with Crippen LogP contribution in [0.3, 0.4) is 0 Å². The summed E-state index contributed by atoms with van der Waals surface area (Å²) < 4.78 is 0. The molecule has 1 atom stereocenters. The molecule has 116 valence electrons. The van der Waals surface area contributed by atoms with Crippen LogP contribution in [-0.2, 0) is 4.79 Å². The van der Waals surface area contributed by atoms with Gasteiger partial charge in [0.1, 0.15) is 6.29 Å². The van der Waals surface area contributed by atoms with Gasteiger partial charge in [0.05, 0.1) is 6.04 Å². The number of guanidine groups is 1. The molecule has 1 aromatic heterocycles. The highest BCUT2D eigenvalue weighted by Crippen LogP contribution is 2.34. The second-order valence-corrected chi connectivity index (χ2v) is 6.49. The van der Waals surface area contributed by atoms with E-state index < -0.39 is 0 Å². The maximum atomic E-state index is 10.9. The highest BCUT2D eigenvalue weighted by Gasteiger charge is 2.14. The average Bonchev–Trinajstić information content (AvgIpc) is 2.96. The standard InChI is InChI=1S/C17H21N3OS/c1-12-5-4-6-13(11-12)15-7-8-16(22-15)14(9-10-21)19-17(18)20(2)3/h4-8,10-11,14H,9H2,1-3H3,(H2,18,19). The highest BCUT2D eigenvalue weighted by atomic mass is 32.1. The van der Waals surface area contributed by atoms with Crippen LogP contribution in [0.25, 0.3) is 10.4 Å². The van der Waals surface area contributed by atoms with Crippen molar-refractivity contribution in [2.45, 2.75) is 19.4 Å². The molecular formula is C17H21N3OS. The Kier molecular flexibility index (Phi) is 5.33. The third-order valence-corrected chi connectivity index (χ3v) is 4.56. The molecule has 0 spiro atoms. The van der Waals surface area contributed by atoms with Gasteiger partial charge in [-0.05, 0) is 24.6 Å². The fourth-order valence-electron chi connectivity index (χ4n) is 2.08. The molecule has 0 aliphatic heterocycles. The van der Waals surface area contributed by atoms with E-state index in [-0.39, 0.29) is 6.04 Å². The van der Waals surface area contributed by atoms with Crippen molar-refractivity contribution in [1.82, 2.24) is 4.90 Å². The van der Waals surface area contributed by atoms with Gasteiger partial charge in [0.25, 0.3) is 0 Å². The van der Waals surface area contributed by atoms with Crippen LogP contribution in [0.4, 0.5) is 0 Å². The van der Waals surface area contributed by atoms with Gasteiger partial charge in [-0.3, -0.25) is 0 Å². The summed E-state index contributed by atoms with van der Waals surface area (Å²) in [7, 11) is 3.67. The number of nitrogens with zero attached hydrogens (tertiary/aromatic N) is 2. The van der Waals surface area contributed by atoms with Crippen LogP contribution in [0.1, 0.15) is 22.9 Å². The van der Waals surface area contributed by atoms with Crippen LogP contribution in [0.15, 0.2) is 41.4 Å². The molecule has 0 saturated carbocycles. The second kappa shape index (κ2) is 7.22. The first-order chi connectivity index (χ1) is 10.5. The van der Waals surface area contributed by atoms with E-state index in [0.29, 0.717) is 12.4 Å². The third kappa shape index (κ3) is 3.95. The van der Waals surface area contributed by atoms with E-state index in [4.69, 9.17) is 5.73 Å². The Bertz CT molecular complexity index is 676. The van der Waals surface area contributed by atoms with E-state index >= 15 is 0 Å². The minimum Gasteiger partial charge on any atom is -0.370 e. The van der Waals surface area contributed by atoms with E-state index in [0.717, 1.165) is 11.2 Å². The number of rotatable bonds is 5. The minimum atomic E-state index is -0.219. The monoisotopic (exact) mass is 315 g/mol. The first-order valence-corrected chi connectivity index (χ1v) is 7.94. The Morgan fingerprint density at radius 3 is 2.77 bits per heavy atom. The fourth-order valence-corrected chi connectivity index (χ4v) is 3.14. The Labute approximate surface area is 135 Å². The molecule has 0 aliphatic rings. The predicted octanol–water partition coefficient (Wildman–Crippen LogP) is 3.23. The maximum absolute atomic E-state index is 10.9. The Morgan fingerprint density at radius 1 is 1.36 bits per heavy atom. The molecule has 0 radical (unpaired) electrons. The quantitative estimate of drug-likeness (QED) is 0.523. The number of aliphatic imine (C=N–C) groups is 1. The van der Waals surface area contributed by atoms with Crippen LogP contribution < -0.4 is 5.73 Å². The number of aryl methyl sites for hydroxylation is 1. The number of hydrogen-bond donors (Lipinski definition) is 1. The van der Waals surface area contributed by atoms with Crippen molar-refractivity contribution >= 4 is 23.6 Å². The topological polar surface area (TPSA) is 58.7 Å². The van der Waals surface area contributed by atoms with Gasteiger partial charge in [0.15, 0.2) is 5.96 Å². The molecule has 2 N–H and O–H groups in total. The molecule has 0 bridgehead atoms. The zero-order valence-corrected chi connectivity index (χ0v) is 13.9. The SMILES string of the molecule is Cc1cccc(-c2ccc(C(CC=O)N=C(N)N(C)C)s2)c1. The van der Waals surface area contributed by atoms with E-state index in [2.05, 4.69) is 42.2 Å². The maximum Gasteiger partial charge on any atom is 0.191 e. The van der Waals surface area contributed by atoms with Crippen molar-refractivity contribution < 1.29 is 4.79 Å². The summed E-state index contributed by atoms with van der Waals surface area (Å²) in [5, 5.41) is 0. The van der Waals surface area contributed by atoms with Crippen LogP contribution in [0, 0.1) is 6.92 Å². The molecule has 0 amide bonds. The number of benzene rings is 1. The zero-order chi connectivity index (χ0) is 16.1. The molecule has 2 rings (SSSR count). The summed E-state index contributed by atoms with van der Waals surface area (Å²) in [5.74, 6) is 0.428. The van der Waals surface area contributed by atoms with E-state index in [1.165, 1.54) is 16.0 Å². The number of carbonyl (C=O) groups excluding carboxylic acids is 1. The molecule has 1 heterocycles. The normalized spacial score (nSPS) is 13.0. The van der Waals surface area contributed by atoms with Crippen LogP contribution in [0.5, 0.6) is 0 Å². The lowest BCUT2D eigenvalue weighted by Gasteiger charge is -2.14. The Hall–Kier alpha value is -2.14. The smallest absolute Gasteiger partial charge is 0.191 e. The highest BCUT2D eigenvalue weighted by molar-refractivity contribution is 7.15. The van der Waals surface area contributed by atoms with Gasteiger partial charge in [0, 0.05) is 30.3 Å². The second-order valence-electron chi connectivity index (χ2n) is 5.37. The van der Waals surface area contributed by atoms with Crippen molar-refractivity contribution in [1.29, 1.82) is 0 Å². The van der Waals surface area contributed by atoms with Gasteiger partial charge < -0.3 is 15.4 Å². The summed E-state index contributed by atoms with van der Waals surface area (Å²) in [6.45, 7) is 2.08. The average molecular weight is 315 g/mol. The van der Waals surface area contributed by atoms with Crippen molar-refractivity contribution in [3.63, 3.8) is 0 Å². The Balaban J connectivity index is 2.31. The number of thiophene rings is 1. The molecule has 4 nitrogen and oxygen atoms in total. The Morgan fingerprint density at radius 2 is 2.14 bits per heavy atom. The summed E-state index contributed by atoms with van der Waals surface area (Å²) >= 11 is 1.66. The summed E-state index contributed by atoms with van der Waals surface area (Å²) in [4.78, 5) is 19.4. The van der Waals surface area contributed by atoms with Gasteiger partial charge >= 0.3 is 0 Å². The minimum absolute atomic E-state index is 0.219. The van der Waals surface area contributed by atoms with Crippen molar-refractivity contribution in [3.05, 3.63) is 46.8 Å². The van der Waals surface area contributed by atoms with Gasteiger partial charge in [-0.2, -0.15) is 0 Å². The van der Waals surface area contributed by atoms with E-state index in [1.54, 1.807) is 16.2 Å². The number of nitrogens with two attached hydrogens (primary N) is 1. The molecule has 2 aromatic rings. The lowest BCUT2D eigenvalue weighted by Crippen LogP contribution is -2.30.